The van der Waals surface area contributed by atoms with E-state index < -0.39 is 0 Å². The molecule has 0 spiro atoms. The maximum Gasteiger partial charge on any atom is 0.192 e. The van der Waals surface area contributed by atoms with Crippen LogP contribution in [0.5, 0.6) is 0 Å². The Bertz CT molecular complexity index is 537. The molecular formula is C14H18N4S. The van der Waals surface area contributed by atoms with Gasteiger partial charge in [-0.1, -0.05) is 6.92 Å². The molecule has 0 aliphatic heterocycles. The zero-order valence-corrected chi connectivity index (χ0v) is 12.3. The Kier molecular flexibility index (Phi) is 4.74. The predicted octanol–water partition coefficient (Wildman–Crippen LogP) is 3.46. The van der Waals surface area contributed by atoms with E-state index in [1.165, 1.54) is 0 Å². The van der Waals surface area contributed by atoms with Crippen molar-refractivity contribution in [1.29, 1.82) is 0 Å². The Morgan fingerprint density at radius 2 is 1.89 bits per heavy atom. The van der Waals surface area contributed by atoms with Crippen molar-refractivity contribution in [2.45, 2.75) is 37.2 Å². The molecule has 2 heterocycles. The van der Waals surface area contributed by atoms with E-state index in [0.717, 1.165) is 40.2 Å². The normalized spacial score (nSPS) is 10.5. The molecule has 0 aliphatic carbocycles. The topological polar surface area (TPSA) is 50.7 Å². The summed E-state index contributed by atoms with van der Waals surface area (Å²) in [5.74, 6) is 0.899. The molecule has 0 unspecified atom stereocenters. The second-order valence-corrected chi connectivity index (χ2v) is 5.38. The van der Waals surface area contributed by atoms with E-state index >= 15 is 0 Å². The first-order valence-electron chi connectivity index (χ1n) is 6.37. The van der Waals surface area contributed by atoms with Gasteiger partial charge in [0, 0.05) is 29.0 Å². The Labute approximate surface area is 118 Å². The number of aryl methyl sites for hydroxylation is 2. The summed E-state index contributed by atoms with van der Waals surface area (Å²) in [6.07, 6.45) is 2.89. The molecule has 2 aromatic rings. The van der Waals surface area contributed by atoms with Crippen LogP contribution in [0.1, 0.15) is 24.7 Å². The van der Waals surface area contributed by atoms with Crippen LogP contribution < -0.4 is 5.32 Å². The minimum Gasteiger partial charge on any atom is -0.370 e. The summed E-state index contributed by atoms with van der Waals surface area (Å²) >= 11 is 1.56. The second kappa shape index (κ2) is 6.52. The van der Waals surface area contributed by atoms with Crippen molar-refractivity contribution < 1.29 is 0 Å². The summed E-state index contributed by atoms with van der Waals surface area (Å²) in [6, 6.07) is 5.98. The molecule has 0 aliphatic rings. The molecular weight excluding hydrogens is 256 g/mol. The first-order chi connectivity index (χ1) is 9.17. The Morgan fingerprint density at radius 3 is 2.58 bits per heavy atom. The summed E-state index contributed by atoms with van der Waals surface area (Å²) in [5.41, 5.74) is 1.99. The van der Waals surface area contributed by atoms with E-state index in [1.54, 1.807) is 11.8 Å². The maximum atomic E-state index is 4.43. The van der Waals surface area contributed by atoms with Gasteiger partial charge in [0.2, 0.25) is 0 Å². The van der Waals surface area contributed by atoms with E-state index in [0.29, 0.717) is 0 Å². The number of nitrogens with one attached hydrogen (secondary N) is 1. The highest BCUT2D eigenvalue weighted by molar-refractivity contribution is 7.99. The van der Waals surface area contributed by atoms with Gasteiger partial charge in [-0.3, -0.25) is 0 Å². The second-order valence-electron chi connectivity index (χ2n) is 4.34. The zero-order chi connectivity index (χ0) is 13.7. The molecule has 0 radical (unpaired) electrons. The van der Waals surface area contributed by atoms with Crippen molar-refractivity contribution in [2.24, 2.45) is 0 Å². The monoisotopic (exact) mass is 274 g/mol. The summed E-state index contributed by atoms with van der Waals surface area (Å²) in [4.78, 5) is 14.2. The zero-order valence-electron chi connectivity index (χ0n) is 11.5. The third-order valence-corrected chi connectivity index (χ3v) is 3.31. The molecule has 0 aromatic carbocycles. The summed E-state index contributed by atoms with van der Waals surface area (Å²) in [6.45, 7) is 7.04. The van der Waals surface area contributed by atoms with Crippen LogP contribution in [0.4, 0.5) is 5.82 Å². The molecule has 19 heavy (non-hydrogen) atoms. The van der Waals surface area contributed by atoms with E-state index in [1.807, 2.05) is 38.2 Å². The Morgan fingerprint density at radius 1 is 1.16 bits per heavy atom. The van der Waals surface area contributed by atoms with Crippen LogP contribution in [-0.4, -0.2) is 21.5 Å². The van der Waals surface area contributed by atoms with Crippen molar-refractivity contribution >= 4 is 17.6 Å². The van der Waals surface area contributed by atoms with Crippen LogP contribution >= 0.6 is 11.8 Å². The lowest BCUT2D eigenvalue weighted by Crippen LogP contribution is -2.01. The molecule has 0 bridgehead atoms. The minimum atomic E-state index is 0.783. The fraction of sp³-hybridized carbons (Fsp3) is 0.357. The number of aromatic nitrogens is 3. The van der Waals surface area contributed by atoms with Gasteiger partial charge in [0.15, 0.2) is 5.16 Å². The van der Waals surface area contributed by atoms with Crippen molar-refractivity contribution in [3.05, 3.63) is 35.8 Å². The highest BCUT2D eigenvalue weighted by atomic mass is 32.2. The van der Waals surface area contributed by atoms with E-state index in [2.05, 4.69) is 27.2 Å². The molecule has 0 saturated carbocycles. The molecule has 5 heteroatoms. The molecule has 0 fully saturated rings. The van der Waals surface area contributed by atoms with Gasteiger partial charge in [-0.05, 0) is 50.2 Å². The van der Waals surface area contributed by atoms with Gasteiger partial charge in [-0.25, -0.2) is 15.0 Å². The van der Waals surface area contributed by atoms with Gasteiger partial charge >= 0.3 is 0 Å². The van der Waals surface area contributed by atoms with Crippen LogP contribution in [0.3, 0.4) is 0 Å². The van der Waals surface area contributed by atoms with Crippen LogP contribution in [-0.2, 0) is 0 Å². The van der Waals surface area contributed by atoms with E-state index in [9.17, 15) is 0 Å². The van der Waals surface area contributed by atoms with Crippen LogP contribution in [0, 0.1) is 13.8 Å². The number of rotatable bonds is 5. The fourth-order valence-electron chi connectivity index (χ4n) is 1.67. The Hall–Kier alpha value is -1.62. The van der Waals surface area contributed by atoms with Crippen molar-refractivity contribution in [2.75, 3.05) is 11.9 Å². The maximum absolute atomic E-state index is 4.43. The molecule has 0 atom stereocenters. The van der Waals surface area contributed by atoms with Crippen molar-refractivity contribution in [3.8, 4) is 0 Å². The summed E-state index contributed by atoms with van der Waals surface area (Å²) < 4.78 is 0. The Balaban J connectivity index is 2.13. The molecule has 4 nitrogen and oxygen atoms in total. The number of hydrogen-bond donors (Lipinski definition) is 1. The molecule has 0 amide bonds. The lowest BCUT2D eigenvalue weighted by molar-refractivity contribution is 0.902. The SMILES string of the molecule is CCCNc1cc(Sc2nc(C)cc(C)n2)ccn1. The number of nitrogens with zero attached hydrogens (tertiary/aromatic N) is 3. The molecule has 2 rings (SSSR count). The minimum absolute atomic E-state index is 0.783. The van der Waals surface area contributed by atoms with Crippen LogP contribution in [0.15, 0.2) is 34.4 Å². The van der Waals surface area contributed by atoms with E-state index in [-0.39, 0.29) is 0 Å². The number of pyridine rings is 1. The fourth-order valence-corrected chi connectivity index (χ4v) is 2.56. The lowest BCUT2D eigenvalue weighted by Gasteiger charge is -2.06. The number of hydrogen-bond acceptors (Lipinski definition) is 5. The van der Waals surface area contributed by atoms with Gasteiger partial charge in [0.1, 0.15) is 5.82 Å². The summed E-state index contributed by atoms with van der Waals surface area (Å²) in [5, 5.41) is 4.06. The van der Waals surface area contributed by atoms with Gasteiger partial charge in [-0.2, -0.15) is 0 Å². The first-order valence-corrected chi connectivity index (χ1v) is 7.19. The predicted molar refractivity (Wildman–Crippen MR) is 78.6 cm³/mol. The van der Waals surface area contributed by atoms with Gasteiger partial charge in [0.05, 0.1) is 0 Å². The third-order valence-electron chi connectivity index (χ3n) is 2.46. The average molecular weight is 274 g/mol. The largest absolute Gasteiger partial charge is 0.370 e. The van der Waals surface area contributed by atoms with Gasteiger partial charge in [-0.15, -0.1) is 0 Å². The third kappa shape index (κ3) is 4.21. The highest BCUT2D eigenvalue weighted by Crippen LogP contribution is 2.26. The molecule has 2 aromatic heterocycles. The smallest absolute Gasteiger partial charge is 0.192 e. The molecule has 1 N–H and O–H groups in total. The van der Waals surface area contributed by atoms with Crippen molar-refractivity contribution in [3.63, 3.8) is 0 Å². The van der Waals surface area contributed by atoms with Gasteiger partial charge < -0.3 is 5.32 Å². The van der Waals surface area contributed by atoms with Crippen LogP contribution in [0.25, 0.3) is 0 Å². The lowest BCUT2D eigenvalue weighted by atomic mass is 10.4. The first kappa shape index (κ1) is 13.8. The van der Waals surface area contributed by atoms with Gasteiger partial charge in [0.25, 0.3) is 0 Å². The highest BCUT2D eigenvalue weighted by Gasteiger charge is 2.04. The average Bonchev–Trinajstić information content (AvgIpc) is 2.35. The van der Waals surface area contributed by atoms with E-state index in [4.69, 9.17) is 0 Å². The van der Waals surface area contributed by atoms with Crippen LogP contribution in [0.2, 0.25) is 0 Å². The molecule has 100 valence electrons. The molecule has 0 saturated heterocycles. The standard InChI is InChI=1S/C14H18N4S/c1-4-6-15-13-9-12(5-7-16-13)19-14-17-10(2)8-11(3)18-14/h5,7-9H,4,6H2,1-3H3,(H,15,16). The van der Waals surface area contributed by atoms with Crippen molar-refractivity contribution in [1.82, 2.24) is 15.0 Å². The number of anilines is 1. The summed E-state index contributed by atoms with van der Waals surface area (Å²) in [7, 11) is 0. The quantitative estimate of drug-likeness (QED) is 0.846.